The third-order valence-corrected chi connectivity index (χ3v) is 4.74. The molecule has 1 saturated heterocycles. The Morgan fingerprint density at radius 1 is 1.08 bits per heavy atom. The van der Waals surface area contributed by atoms with Gasteiger partial charge in [0.15, 0.2) is 0 Å². The van der Waals surface area contributed by atoms with E-state index >= 15 is 0 Å². The smallest absolute Gasteiger partial charge is 0.336 e. The van der Waals surface area contributed by atoms with Crippen molar-refractivity contribution < 1.29 is 19.4 Å². The molecule has 5 nitrogen and oxygen atoms in total. The summed E-state index contributed by atoms with van der Waals surface area (Å²) in [7, 11) is 0. The van der Waals surface area contributed by atoms with Gasteiger partial charge in [-0.1, -0.05) is 36.4 Å². The zero-order chi connectivity index (χ0) is 18.5. The fourth-order valence-corrected chi connectivity index (χ4v) is 3.42. The molecular formula is C21H23NO4. The van der Waals surface area contributed by atoms with Crippen molar-refractivity contribution in [1.82, 2.24) is 4.90 Å². The van der Waals surface area contributed by atoms with Gasteiger partial charge in [-0.25, -0.2) is 4.79 Å². The predicted octanol–water partition coefficient (Wildman–Crippen LogP) is 3.55. The number of amides is 1. The molecular weight excluding hydrogens is 330 g/mol. The first-order valence-electron chi connectivity index (χ1n) is 8.90. The van der Waals surface area contributed by atoms with Crippen LogP contribution in [-0.4, -0.2) is 48.2 Å². The number of carbonyl (C=O) groups is 2. The Morgan fingerprint density at radius 3 is 2.35 bits per heavy atom. The summed E-state index contributed by atoms with van der Waals surface area (Å²) in [5, 5.41) is 9.48. The van der Waals surface area contributed by atoms with Crippen LogP contribution in [0.1, 0.15) is 34.1 Å². The van der Waals surface area contributed by atoms with Crippen LogP contribution >= 0.6 is 0 Å². The first kappa shape index (κ1) is 18.1. The van der Waals surface area contributed by atoms with E-state index in [9.17, 15) is 14.7 Å². The highest BCUT2D eigenvalue weighted by atomic mass is 16.5. The molecule has 0 aromatic heterocycles. The molecule has 1 fully saturated rings. The maximum atomic E-state index is 13.1. The predicted molar refractivity (Wildman–Crippen MR) is 99.3 cm³/mol. The molecule has 26 heavy (non-hydrogen) atoms. The van der Waals surface area contributed by atoms with Crippen LogP contribution in [-0.2, 0) is 4.74 Å². The van der Waals surface area contributed by atoms with Gasteiger partial charge in [0.2, 0.25) is 0 Å². The molecule has 1 unspecified atom stereocenters. The van der Waals surface area contributed by atoms with Crippen molar-refractivity contribution in [2.75, 3.05) is 26.3 Å². The van der Waals surface area contributed by atoms with Gasteiger partial charge in [-0.05, 0) is 36.6 Å². The van der Waals surface area contributed by atoms with Crippen LogP contribution in [0.15, 0.2) is 48.5 Å². The summed E-state index contributed by atoms with van der Waals surface area (Å²) >= 11 is 0. The molecule has 2 aromatic carbocycles. The molecule has 5 heteroatoms. The maximum Gasteiger partial charge on any atom is 0.336 e. The van der Waals surface area contributed by atoms with Crippen molar-refractivity contribution >= 4 is 11.9 Å². The Labute approximate surface area is 153 Å². The molecule has 136 valence electrons. The van der Waals surface area contributed by atoms with Crippen molar-refractivity contribution in [3.05, 3.63) is 59.7 Å². The van der Waals surface area contributed by atoms with Crippen molar-refractivity contribution in [3.8, 4) is 11.1 Å². The van der Waals surface area contributed by atoms with Crippen LogP contribution in [0.5, 0.6) is 0 Å². The normalized spacial score (nSPS) is 16.7. The summed E-state index contributed by atoms with van der Waals surface area (Å²) in [4.78, 5) is 26.5. The van der Waals surface area contributed by atoms with Crippen LogP contribution in [0.25, 0.3) is 11.1 Å². The van der Waals surface area contributed by atoms with Gasteiger partial charge in [-0.2, -0.15) is 0 Å². The number of rotatable bonds is 6. The molecule has 0 aliphatic carbocycles. The average molecular weight is 353 g/mol. The minimum absolute atomic E-state index is 0.0557. The van der Waals surface area contributed by atoms with Gasteiger partial charge in [-0.3, -0.25) is 4.79 Å². The average Bonchev–Trinajstić information content (AvgIpc) is 3.14. The number of nitrogens with zero attached hydrogens (tertiary/aromatic N) is 1. The first-order valence-corrected chi connectivity index (χ1v) is 8.90. The summed E-state index contributed by atoms with van der Waals surface area (Å²) in [6, 6.07) is 14.0. The number of carbonyl (C=O) groups excluding carboxylic acids is 1. The standard InChI is InChI=1S/C21H23NO4/c1-2-26-14-15-11-12-22(13-15)20(23)18-9-5-3-7-16(18)17-8-4-6-10-19(17)21(24)25/h3-10,15H,2,11-14H2,1H3,(H,24,25). The van der Waals surface area contributed by atoms with E-state index in [1.165, 1.54) is 0 Å². The second-order valence-electron chi connectivity index (χ2n) is 6.46. The summed E-state index contributed by atoms with van der Waals surface area (Å²) in [5.41, 5.74) is 1.96. The van der Waals surface area contributed by atoms with E-state index in [0.29, 0.717) is 48.9 Å². The fraction of sp³-hybridized carbons (Fsp3) is 0.333. The highest BCUT2D eigenvalue weighted by molar-refractivity contribution is 6.04. The van der Waals surface area contributed by atoms with E-state index in [1.807, 2.05) is 30.0 Å². The Kier molecular flexibility index (Phi) is 5.68. The molecule has 1 aliphatic rings. The van der Waals surface area contributed by atoms with Gasteiger partial charge in [0.1, 0.15) is 0 Å². The summed E-state index contributed by atoms with van der Waals surface area (Å²) in [5.74, 6) is -0.696. The highest BCUT2D eigenvalue weighted by Crippen LogP contribution is 2.29. The lowest BCUT2D eigenvalue weighted by molar-refractivity contribution is 0.0695. The van der Waals surface area contributed by atoms with Crippen molar-refractivity contribution in [2.24, 2.45) is 5.92 Å². The molecule has 1 amide bonds. The lowest BCUT2D eigenvalue weighted by Crippen LogP contribution is -2.29. The summed E-state index contributed by atoms with van der Waals surface area (Å²) < 4.78 is 5.48. The molecule has 3 rings (SSSR count). The zero-order valence-corrected chi connectivity index (χ0v) is 14.9. The van der Waals surface area contributed by atoms with Gasteiger partial charge in [-0.15, -0.1) is 0 Å². The molecule has 0 radical (unpaired) electrons. The second-order valence-corrected chi connectivity index (χ2v) is 6.46. The number of carboxylic acids is 1. The van der Waals surface area contributed by atoms with E-state index < -0.39 is 5.97 Å². The number of carboxylic acid groups (broad SMARTS) is 1. The van der Waals surface area contributed by atoms with Crippen LogP contribution in [0.3, 0.4) is 0 Å². The van der Waals surface area contributed by atoms with Crippen molar-refractivity contribution in [3.63, 3.8) is 0 Å². The molecule has 1 N–H and O–H groups in total. The zero-order valence-electron chi connectivity index (χ0n) is 14.9. The van der Waals surface area contributed by atoms with Crippen molar-refractivity contribution in [2.45, 2.75) is 13.3 Å². The van der Waals surface area contributed by atoms with Gasteiger partial charge in [0, 0.05) is 31.2 Å². The highest BCUT2D eigenvalue weighted by Gasteiger charge is 2.28. The third kappa shape index (κ3) is 3.78. The number of ether oxygens (including phenoxy) is 1. The van der Waals surface area contributed by atoms with Crippen LogP contribution < -0.4 is 0 Å². The number of hydrogen-bond donors (Lipinski definition) is 1. The van der Waals surface area contributed by atoms with Crippen molar-refractivity contribution in [1.29, 1.82) is 0 Å². The molecule has 1 aliphatic heterocycles. The summed E-state index contributed by atoms with van der Waals surface area (Å²) in [6.45, 7) is 4.69. The van der Waals surface area contributed by atoms with E-state index in [-0.39, 0.29) is 11.5 Å². The monoisotopic (exact) mass is 353 g/mol. The fourth-order valence-electron chi connectivity index (χ4n) is 3.42. The first-order chi connectivity index (χ1) is 12.6. The van der Waals surface area contributed by atoms with Crippen LogP contribution in [0, 0.1) is 5.92 Å². The largest absolute Gasteiger partial charge is 0.478 e. The van der Waals surface area contributed by atoms with Gasteiger partial charge >= 0.3 is 5.97 Å². The quantitative estimate of drug-likeness (QED) is 0.862. The second kappa shape index (κ2) is 8.15. The molecule has 2 aromatic rings. The van der Waals surface area contributed by atoms with E-state index in [1.54, 1.807) is 30.3 Å². The van der Waals surface area contributed by atoms with E-state index in [2.05, 4.69) is 0 Å². The number of benzene rings is 2. The lowest BCUT2D eigenvalue weighted by Gasteiger charge is -2.19. The minimum Gasteiger partial charge on any atom is -0.478 e. The lowest BCUT2D eigenvalue weighted by atomic mass is 9.95. The summed E-state index contributed by atoms with van der Waals surface area (Å²) in [6.07, 6.45) is 0.930. The Bertz CT molecular complexity index is 802. The van der Waals surface area contributed by atoms with Gasteiger partial charge in [0.25, 0.3) is 5.91 Å². The van der Waals surface area contributed by atoms with E-state index in [4.69, 9.17) is 4.74 Å². The molecule has 0 saturated carbocycles. The maximum absolute atomic E-state index is 13.1. The molecule has 0 bridgehead atoms. The number of hydrogen-bond acceptors (Lipinski definition) is 3. The molecule has 0 spiro atoms. The van der Waals surface area contributed by atoms with Crippen LogP contribution in [0.2, 0.25) is 0 Å². The van der Waals surface area contributed by atoms with Crippen LogP contribution in [0.4, 0.5) is 0 Å². The Balaban J connectivity index is 1.89. The van der Waals surface area contributed by atoms with E-state index in [0.717, 1.165) is 6.42 Å². The molecule has 1 atom stereocenters. The minimum atomic E-state index is -0.999. The topological polar surface area (TPSA) is 66.8 Å². The van der Waals surface area contributed by atoms with Gasteiger partial charge < -0.3 is 14.7 Å². The Hall–Kier alpha value is -2.66. The van der Waals surface area contributed by atoms with Gasteiger partial charge in [0.05, 0.1) is 12.2 Å². The number of likely N-dealkylation sites (tertiary alicyclic amines) is 1. The third-order valence-electron chi connectivity index (χ3n) is 4.74. The number of aromatic carboxylic acids is 1. The Morgan fingerprint density at radius 2 is 1.69 bits per heavy atom. The SMILES string of the molecule is CCOCC1CCN(C(=O)c2ccccc2-c2ccccc2C(=O)O)C1. The molecule has 1 heterocycles.